The fraction of sp³-hybridized carbons (Fsp3) is 0.600. The van der Waals surface area contributed by atoms with Crippen LogP contribution in [0.3, 0.4) is 0 Å². The van der Waals surface area contributed by atoms with Gasteiger partial charge in [-0.1, -0.05) is 25.5 Å². The minimum Gasteiger partial charge on any atom is -0.490 e. The van der Waals surface area contributed by atoms with E-state index in [9.17, 15) is 0 Å². The van der Waals surface area contributed by atoms with Crippen LogP contribution in [-0.2, 0) is 4.74 Å². The number of benzene rings is 1. The molecule has 0 amide bonds. The molecule has 0 radical (unpaired) electrons. The third kappa shape index (κ3) is 3.93. The van der Waals surface area contributed by atoms with Crippen LogP contribution in [0.5, 0.6) is 5.75 Å². The molecule has 106 valence electrons. The summed E-state index contributed by atoms with van der Waals surface area (Å²) in [5.74, 6) is 6.63. The first-order chi connectivity index (χ1) is 9.28. The quantitative estimate of drug-likeness (QED) is 0.559. The van der Waals surface area contributed by atoms with Gasteiger partial charge in [-0.05, 0) is 37.0 Å². The van der Waals surface area contributed by atoms with Crippen LogP contribution in [0, 0.1) is 0 Å². The summed E-state index contributed by atoms with van der Waals surface area (Å²) >= 11 is 0. The Balaban J connectivity index is 2.11. The van der Waals surface area contributed by atoms with Gasteiger partial charge < -0.3 is 9.47 Å². The Morgan fingerprint density at radius 1 is 1.42 bits per heavy atom. The van der Waals surface area contributed by atoms with Crippen molar-refractivity contribution < 1.29 is 9.47 Å². The number of hydrogen-bond acceptors (Lipinski definition) is 4. The third-order valence-corrected chi connectivity index (χ3v) is 3.47. The first-order valence-electron chi connectivity index (χ1n) is 7.04. The lowest BCUT2D eigenvalue weighted by molar-refractivity contribution is 0.0605. The predicted molar refractivity (Wildman–Crippen MR) is 75.9 cm³/mol. The van der Waals surface area contributed by atoms with Crippen LogP contribution in [0.15, 0.2) is 24.3 Å². The van der Waals surface area contributed by atoms with Crippen LogP contribution in [0.4, 0.5) is 0 Å². The second-order valence-electron chi connectivity index (χ2n) is 5.10. The van der Waals surface area contributed by atoms with E-state index in [-0.39, 0.29) is 12.1 Å². The molecule has 0 spiro atoms. The first-order valence-corrected chi connectivity index (χ1v) is 7.04. The molecule has 2 rings (SSSR count). The van der Waals surface area contributed by atoms with Gasteiger partial charge in [0.05, 0.1) is 18.2 Å². The Bertz CT molecular complexity index is 393. The van der Waals surface area contributed by atoms with Crippen molar-refractivity contribution in [2.45, 2.75) is 50.9 Å². The number of hydrogen-bond donors (Lipinski definition) is 2. The molecule has 19 heavy (non-hydrogen) atoms. The molecular formula is C15H24N2O2. The molecule has 1 aromatic rings. The highest BCUT2D eigenvalue weighted by molar-refractivity contribution is 5.31. The van der Waals surface area contributed by atoms with E-state index in [1.807, 2.05) is 12.1 Å². The fourth-order valence-electron chi connectivity index (χ4n) is 2.28. The number of ether oxygens (including phenoxy) is 2. The number of nitrogens with two attached hydrogens (primary N) is 1. The van der Waals surface area contributed by atoms with E-state index in [0.717, 1.165) is 24.2 Å². The molecule has 0 saturated heterocycles. The third-order valence-electron chi connectivity index (χ3n) is 3.47. The maximum atomic E-state index is 5.82. The average molecular weight is 264 g/mol. The van der Waals surface area contributed by atoms with Crippen LogP contribution in [0.2, 0.25) is 0 Å². The molecular weight excluding hydrogens is 240 g/mol. The first kappa shape index (κ1) is 14.3. The lowest BCUT2D eigenvalue weighted by atomic mass is 9.98. The van der Waals surface area contributed by atoms with Crippen LogP contribution in [-0.4, -0.2) is 19.3 Å². The molecule has 1 saturated carbocycles. The van der Waals surface area contributed by atoms with E-state index in [4.69, 9.17) is 15.3 Å². The Hall–Kier alpha value is -1.10. The summed E-state index contributed by atoms with van der Waals surface area (Å²) in [7, 11) is 1.73. The van der Waals surface area contributed by atoms with Crippen LogP contribution in [0.1, 0.15) is 44.2 Å². The lowest BCUT2D eigenvalue weighted by Crippen LogP contribution is -2.37. The predicted octanol–water partition coefficient (Wildman–Crippen LogP) is 2.55. The number of methoxy groups -OCH3 is 1. The highest BCUT2D eigenvalue weighted by Gasteiger charge is 2.25. The minimum absolute atomic E-state index is 0.00676. The SMILES string of the molecule is CCCC(OC)C(NN)c1cccc(OC2CC2)c1. The summed E-state index contributed by atoms with van der Waals surface area (Å²) < 4.78 is 11.4. The highest BCUT2D eigenvalue weighted by Crippen LogP contribution is 2.29. The Kier molecular flexibility index (Phi) is 5.19. The van der Waals surface area contributed by atoms with Crippen molar-refractivity contribution in [2.75, 3.05) is 7.11 Å². The molecule has 1 aliphatic rings. The van der Waals surface area contributed by atoms with Gasteiger partial charge in [0.1, 0.15) is 5.75 Å². The Labute approximate surface area is 115 Å². The summed E-state index contributed by atoms with van der Waals surface area (Å²) in [6, 6.07) is 8.12. The smallest absolute Gasteiger partial charge is 0.120 e. The molecule has 1 aliphatic carbocycles. The van der Waals surface area contributed by atoms with E-state index in [1.165, 1.54) is 12.8 Å². The van der Waals surface area contributed by atoms with Crippen molar-refractivity contribution >= 4 is 0 Å². The molecule has 1 fully saturated rings. The molecule has 4 nitrogen and oxygen atoms in total. The molecule has 3 N–H and O–H groups in total. The second-order valence-corrected chi connectivity index (χ2v) is 5.10. The van der Waals surface area contributed by atoms with Gasteiger partial charge in [0.2, 0.25) is 0 Å². The number of nitrogens with one attached hydrogen (secondary N) is 1. The maximum absolute atomic E-state index is 5.82. The molecule has 1 aromatic carbocycles. The normalized spacial score (nSPS) is 18.1. The number of hydrazine groups is 1. The van der Waals surface area contributed by atoms with Gasteiger partial charge >= 0.3 is 0 Å². The van der Waals surface area contributed by atoms with Gasteiger partial charge in [0.15, 0.2) is 0 Å². The monoisotopic (exact) mass is 264 g/mol. The second kappa shape index (κ2) is 6.89. The zero-order chi connectivity index (χ0) is 13.7. The van der Waals surface area contributed by atoms with Gasteiger partial charge in [-0.25, -0.2) is 0 Å². The maximum Gasteiger partial charge on any atom is 0.120 e. The topological polar surface area (TPSA) is 56.5 Å². The minimum atomic E-state index is -0.00676. The van der Waals surface area contributed by atoms with Crippen molar-refractivity contribution in [3.05, 3.63) is 29.8 Å². The summed E-state index contributed by atoms with van der Waals surface area (Å²) in [4.78, 5) is 0. The lowest BCUT2D eigenvalue weighted by Gasteiger charge is -2.25. The van der Waals surface area contributed by atoms with E-state index in [0.29, 0.717) is 6.10 Å². The van der Waals surface area contributed by atoms with Gasteiger partial charge in [-0.2, -0.15) is 0 Å². The largest absolute Gasteiger partial charge is 0.490 e. The van der Waals surface area contributed by atoms with E-state index >= 15 is 0 Å². The molecule has 4 heteroatoms. The van der Waals surface area contributed by atoms with Crippen molar-refractivity contribution in [3.8, 4) is 5.75 Å². The van der Waals surface area contributed by atoms with Crippen molar-refractivity contribution in [1.82, 2.24) is 5.43 Å². The van der Waals surface area contributed by atoms with Crippen LogP contribution < -0.4 is 16.0 Å². The zero-order valence-corrected chi connectivity index (χ0v) is 11.8. The highest BCUT2D eigenvalue weighted by atomic mass is 16.5. The summed E-state index contributed by atoms with van der Waals surface area (Å²) in [6.45, 7) is 2.15. The standard InChI is InChI=1S/C15H24N2O2/c1-3-5-14(18-2)15(17-16)11-6-4-7-13(10-11)19-12-8-9-12/h4,6-7,10,12,14-15,17H,3,5,8-9,16H2,1-2H3. The molecule has 0 bridgehead atoms. The van der Waals surface area contributed by atoms with Gasteiger partial charge in [-0.15, -0.1) is 0 Å². The van der Waals surface area contributed by atoms with Crippen molar-refractivity contribution in [2.24, 2.45) is 5.84 Å². The van der Waals surface area contributed by atoms with Crippen molar-refractivity contribution in [1.29, 1.82) is 0 Å². The van der Waals surface area contributed by atoms with Crippen molar-refractivity contribution in [3.63, 3.8) is 0 Å². The summed E-state index contributed by atoms with van der Waals surface area (Å²) in [5, 5.41) is 0. The molecule has 0 aliphatic heterocycles. The molecule has 0 aromatic heterocycles. The summed E-state index contributed by atoms with van der Waals surface area (Å²) in [6.07, 6.45) is 4.85. The Morgan fingerprint density at radius 3 is 2.79 bits per heavy atom. The summed E-state index contributed by atoms with van der Waals surface area (Å²) in [5.41, 5.74) is 3.98. The van der Waals surface area contributed by atoms with E-state index in [2.05, 4.69) is 24.5 Å². The fourth-order valence-corrected chi connectivity index (χ4v) is 2.28. The molecule has 2 atom stereocenters. The van der Waals surface area contributed by atoms with Gasteiger partial charge in [-0.3, -0.25) is 11.3 Å². The van der Waals surface area contributed by atoms with E-state index in [1.54, 1.807) is 7.11 Å². The Morgan fingerprint density at radius 2 is 2.21 bits per heavy atom. The average Bonchev–Trinajstić information content (AvgIpc) is 3.23. The van der Waals surface area contributed by atoms with Gasteiger partial charge in [0, 0.05) is 7.11 Å². The molecule has 2 unspecified atom stereocenters. The zero-order valence-electron chi connectivity index (χ0n) is 11.8. The van der Waals surface area contributed by atoms with Crippen LogP contribution in [0.25, 0.3) is 0 Å². The molecule has 0 heterocycles. The number of rotatable bonds is 8. The van der Waals surface area contributed by atoms with Gasteiger partial charge in [0.25, 0.3) is 0 Å². The van der Waals surface area contributed by atoms with Crippen LogP contribution >= 0.6 is 0 Å². The van der Waals surface area contributed by atoms with E-state index < -0.39 is 0 Å².